The zero-order chi connectivity index (χ0) is 15.1. The van der Waals surface area contributed by atoms with Gasteiger partial charge in [0.25, 0.3) is 5.89 Å². The van der Waals surface area contributed by atoms with E-state index in [4.69, 9.17) is 10.8 Å². The maximum absolute atomic E-state index is 12.7. The van der Waals surface area contributed by atoms with E-state index in [1.54, 1.807) is 0 Å². The lowest BCUT2D eigenvalue weighted by atomic mass is 10.0. The molecule has 1 unspecified atom stereocenters. The fourth-order valence-electron chi connectivity index (χ4n) is 1.34. The first kappa shape index (κ1) is 14.1. The molecule has 2 aromatic rings. The Morgan fingerprint density at radius 3 is 2.40 bits per heavy atom. The highest BCUT2D eigenvalue weighted by Gasteiger charge is 2.53. The second-order valence-electron chi connectivity index (χ2n) is 4.33. The molecule has 1 aromatic heterocycles. The standard InChI is InChI=1S/C11H10F3N3O3/c1-10(15,11(12,13)14)9-16-8(17-20-9)5-2-3-6(18)7(19)4-5/h2-4,18-19H,15H2,1H3. The van der Waals surface area contributed by atoms with Crippen LogP contribution in [0.3, 0.4) is 0 Å². The smallest absolute Gasteiger partial charge is 0.415 e. The van der Waals surface area contributed by atoms with Crippen LogP contribution in [-0.4, -0.2) is 26.5 Å². The Labute approximate surface area is 110 Å². The lowest BCUT2D eigenvalue weighted by Crippen LogP contribution is -2.47. The highest BCUT2D eigenvalue weighted by atomic mass is 19.4. The summed E-state index contributed by atoms with van der Waals surface area (Å²) < 4.78 is 42.7. The van der Waals surface area contributed by atoms with Crippen molar-refractivity contribution in [2.75, 3.05) is 0 Å². The monoisotopic (exact) mass is 289 g/mol. The van der Waals surface area contributed by atoms with Crippen molar-refractivity contribution in [1.82, 2.24) is 10.1 Å². The molecule has 1 aromatic carbocycles. The highest BCUT2D eigenvalue weighted by molar-refractivity contribution is 5.60. The number of hydrogen-bond acceptors (Lipinski definition) is 6. The minimum atomic E-state index is -4.76. The molecule has 9 heteroatoms. The fourth-order valence-corrected chi connectivity index (χ4v) is 1.34. The van der Waals surface area contributed by atoms with Crippen molar-refractivity contribution in [3.8, 4) is 22.9 Å². The molecule has 0 aliphatic carbocycles. The average Bonchev–Trinajstić information content (AvgIpc) is 2.81. The van der Waals surface area contributed by atoms with Crippen LogP contribution in [0.1, 0.15) is 12.8 Å². The van der Waals surface area contributed by atoms with Gasteiger partial charge in [0, 0.05) is 5.56 Å². The third-order valence-corrected chi connectivity index (χ3v) is 2.69. The molecule has 1 heterocycles. The molecule has 0 saturated heterocycles. The number of halogens is 3. The van der Waals surface area contributed by atoms with Crippen LogP contribution in [0.4, 0.5) is 13.2 Å². The molecule has 0 amide bonds. The Morgan fingerprint density at radius 1 is 1.20 bits per heavy atom. The van der Waals surface area contributed by atoms with Gasteiger partial charge >= 0.3 is 6.18 Å². The Kier molecular flexibility index (Phi) is 3.09. The summed E-state index contributed by atoms with van der Waals surface area (Å²) in [5.74, 6) is -1.82. The van der Waals surface area contributed by atoms with Crippen molar-refractivity contribution >= 4 is 0 Å². The van der Waals surface area contributed by atoms with E-state index in [0.717, 1.165) is 12.1 Å². The molecule has 0 spiro atoms. The second kappa shape index (κ2) is 4.37. The maximum Gasteiger partial charge on any atom is 0.415 e. The number of hydrogen-bond donors (Lipinski definition) is 3. The second-order valence-corrected chi connectivity index (χ2v) is 4.33. The fraction of sp³-hybridized carbons (Fsp3) is 0.273. The van der Waals surface area contributed by atoms with E-state index in [-0.39, 0.29) is 17.1 Å². The van der Waals surface area contributed by atoms with Crippen molar-refractivity contribution in [2.45, 2.75) is 18.6 Å². The van der Waals surface area contributed by atoms with Crippen LogP contribution in [0.5, 0.6) is 11.5 Å². The molecule has 4 N–H and O–H groups in total. The van der Waals surface area contributed by atoms with E-state index in [9.17, 15) is 18.3 Å². The van der Waals surface area contributed by atoms with Gasteiger partial charge in [-0.2, -0.15) is 18.2 Å². The van der Waals surface area contributed by atoms with E-state index in [0.29, 0.717) is 6.92 Å². The summed E-state index contributed by atoms with van der Waals surface area (Å²) in [4.78, 5) is 3.57. The average molecular weight is 289 g/mol. The third-order valence-electron chi connectivity index (χ3n) is 2.69. The molecule has 1 atom stereocenters. The van der Waals surface area contributed by atoms with Crippen molar-refractivity contribution in [1.29, 1.82) is 0 Å². The molecule has 0 aliphatic heterocycles. The van der Waals surface area contributed by atoms with E-state index in [1.807, 2.05) is 0 Å². The summed E-state index contributed by atoms with van der Waals surface area (Å²) in [5.41, 5.74) is 2.54. The van der Waals surface area contributed by atoms with Crippen LogP contribution in [0.15, 0.2) is 22.7 Å². The van der Waals surface area contributed by atoms with Crippen molar-refractivity contribution in [3.63, 3.8) is 0 Å². The number of aromatic hydroxyl groups is 2. The zero-order valence-corrected chi connectivity index (χ0v) is 10.1. The summed E-state index contributed by atoms with van der Waals surface area (Å²) in [7, 11) is 0. The summed E-state index contributed by atoms with van der Waals surface area (Å²) in [5, 5.41) is 21.8. The molecule has 0 bridgehead atoms. The first-order valence-electron chi connectivity index (χ1n) is 5.35. The first-order valence-corrected chi connectivity index (χ1v) is 5.35. The van der Waals surface area contributed by atoms with Gasteiger partial charge < -0.3 is 20.5 Å². The lowest BCUT2D eigenvalue weighted by Gasteiger charge is -2.22. The van der Waals surface area contributed by atoms with E-state index < -0.39 is 23.4 Å². The van der Waals surface area contributed by atoms with E-state index in [1.165, 1.54) is 6.07 Å². The number of phenols is 2. The van der Waals surface area contributed by atoms with Gasteiger partial charge in [0.1, 0.15) is 0 Å². The van der Waals surface area contributed by atoms with Gasteiger partial charge in [-0.25, -0.2) is 0 Å². The molecular formula is C11H10F3N3O3. The highest BCUT2D eigenvalue weighted by Crippen LogP contribution is 2.36. The molecule has 6 nitrogen and oxygen atoms in total. The summed E-state index contributed by atoms with van der Waals surface area (Å²) in [6, 6.07) is 3.54. The van der Waals surface area contributed by atoms with Crippen molar-refractivity contribution in [2.24, 2.45) is 5.73 Å². The van der Waals surface area contributed by atoms with Crippen LogP contribution in [0.25, 0.3) is 11.4 Å². The number of rotatable bonds is 2. The molecule has 0 aliphatic rings. The predicted octanol–water partition coefficient (Wildman–Crippen LogP) is 1.88. The molecule has 0 fully saturated rings. The number of benzene rings is 1. The quantitative estimate of drug-likeness (QED) is 0.729. The molecule has 0 saturated carbocycles. The largest absolute Gasteiger partial charge is 0.504 e. The minimum Gasteiger partial charge on any atom is -0.504 e. The van der Waals surface area contributed by atoms with E-state index in [2.05, 4.69) is 14.7 Å². The number of alkyl halides is 3. The normalized spacial score (nSPS) is 15.1. The zero-order valence-electron chi connectivity index (χ0n) is 10.1. The van der Waals surface area contributed by atoms with Crippen molar-refractivity contribution in [3.05, 3.63) is 24.1 Å². The number of aromatic nitrogens is 2. The van der Waals surface area contributed by atoms with Gasteiger partial charge in [-0.15, -0.1) is 0 Å². The van der Waals surface area contributed by atoms with Gasteiger partial charge in [0.05, 0.1) is 0 Å². The lowest BCUT2D eigenvalue weighted by molar-refractivity contribution is -0.190. The van der Waals surface area contributed by atoms with Crippen LogP contribution in [0, 0.1) is 0 Å². The summed E-state index contributed by atoms with van der Waals surface area (Å²) in [6.45, 7) is 0.707. The number of nitrogens with zero attached hydrogens (tertiary/aromatic N) is 2. The number of phenolic OH excluding ortho intramolecular Hbond substituents is 2. The molecule has 20 heavy (non-hydrogen) atoms. The van der Waals surface area contributed by atoms with Gasteiger partial charge in [0.2, 0.25) is 5.82 Å². The molecule has 0 radical (unpaired) electrons. The summed E-state index contributed by atoms with van der Waals surface area (Å²) >= 11 is 0. The topological polar surface area (TPSA) is 105 Å². The number of nitrogens with two attached hydrogens (primary N) is 1. The van der Waals surface area contributed by atoms with Gasteiger partial charge in [-0.1, -0.05) is 5.16 Å². The van der Waals surface area contributed by atoms with Crippen LogP contribution in [0.2, 0.25) is 0 Å². The Morgan fingerprint density at radius 2 is 1.85 bits per heavy atom. The van der Waals surface area contributed by atoms with Gasteiger partial charge in [-0.3, -0.25) is 0 Å². The predicted molar refractivity (Wildman–Crippen MR) is 60.7 cm³/mol. The van der Waals surface area contributed by atoms with Crippen LogP contribution < -0.4 is 5.73 Å². The Bertz CT molecular complexity index is 637. The van der Waals surface area contributed by atoms with Gasteiger partial charge in [-0.05, 0) is 25.1 Å². The molecule has 2 rings (SSSR count). The Hall–Kier alpha value is -2.29. The first-order chi connectivity index (χ1) is 9.13. The summed E-state index contributed by atoms with van der Waals surface area (Å²) in [6.07, 6.45) is -4.76. The molecule has 108 valence electrons. The molecular weight excluding hydrogens is 279 g/mol. The van der Waals surface area contributed by atoms with Gasteiger partial charge in [0.15, 0.2) is 17.0 Å². The van der Waals surface area contributed by atoms with Crippen molar-refractivity contribution < 1.29 is 27.9 Å². The third kappa shape index (κ3) is 2.27. The SMILES string of the molecule is CC(N)(c1nc(-c2ccc(O)c(O)c2)no1)C(F)(F)F. The minimum absolute atomic E-state index is 0.174. The maximum atomic E-state index is 12.7. The van der Waals surface area contributed by atoms with E-state index >= 15 is 0 Å². The van der Waals surface area contributed by atoms with Crippen LogP contribution in [-0.2, 0) is 5.54 Å². The Balaban J connectivity index is 2.41. The van der Waals surface area contributed by atoms with Crippen LogP contribution >= 0.6 is 0 Å².